The van der Waals surface area contributed by atoms with Crippen LogP contribution in [0.3, 0.4) is 0 Å². The molecule has 0 radical (unpaired) electrons. The van der Waals surface area contributed by atoms with Crippen LogP contribution >= 0.6 is 11.8 Å². The highest BCUT2D eigenvalue weighted by Gasteiger charge is 2.32. The maximum atomic E-state index is 13.2. The van der Waals surface area contributed by atoms with E-state index in [0.29, 0.717) is 32.0 Å². The van der Waals surface area contributed by atoms with Gasteiger partial charge < -0.3 is 15.0 Å². The minimum atomic E-state index is -4.48. The summed E-state index contributed by atoms with van der Waals surface area (Å²) in [5, 5.41) is 4.86. The number of ether oxygens (including phenoxy) is 1. The fourth-order valence-electron chi connectivity index (χ4n) is 3.48. The molecular weight excluding hydrogens is 425 g/mol. The second-order valence-corrected chi connectivity index (χ2v) is 8.22. The van der Waals surface area contributed by atoms with Gasteiger partial charge in [-0.2, -0.15) is 13.2 Å². The van der Waals surface area contributed by atoms with Crippen LogP contribution in [0, 0.1) is 0 Å². The van der Waals surface area contributed by atoms with Crippen LogP contribution in [0.5, 0.6) is 0 Å². The third kappa shape index (κ3) is 5.32. The Labute approximate surface area is 182 Å². The van der Waals surface area contributed by atoms with Crippen molar-refractivity contribution in [2.75, 3.05) is 42.3 Å². The van der Waals surface area contributed by atoms with Gasteiger partial charge in [0.25, 0.3) is 0 Å². The average Bonchev–Trinajstić information content (AvgIpc) is 2.77. The maximum absolute atomic E-state index is 13.2. The van der Waals surface area contributed by atoms with Crippen molar-refractivity contribution in [3.63, 3.8) is 0 Å². The van der Waals surface area contributed by atoms with Gasteiger partial charge in [0, 0.05) is 18.0 Å². The number of halogens is 3. The van der Waals surface area contributed by atoms with Gasteiger partial charge in [0.15, 0.2) is 0 Å². The molecular formula is C23H21F3N2O2S. The van der Waals surface area contributed by atoms with Crippen LogP contribution < -0.4 is 10.2 Å². The Morgan fingerprint density at radius 3 is 2.48 bits per heavy atom. The zero-order valence-electron chi connectivity index (χ0n) is 16.6. The van der Waals surface area contributed by atoms with E-state index in [2.05, 4.69) is 5.32 Å². The van der Waals surface area contributed by atoms with E-state index in [4.69, 9.17) is 4.74 Å². The number of carbonyl (C=O) groups is 1. The normalized spacial score (nSPS) is 14.6. The van der Waals surface area contributed by atoms with Crippen LogP contribution in [0.15, 0.2) is 65.6 Å². The van der Waals surface area contributed by atoms with Crippen LogP contribution in [0.4, 0.5) is 24.5 Å². The maximum Gasteiger partial charge on any atom is 0.416 e. The summed E-state index contributed by atoms with van der Waals surface area (Å²) in [6.45, 7) is 2.10. The van der Waals surface area contributed by atoms with E-state index in [0.717, 1.165) is 27.8 Å². The standard InChI is InChI=1S/C23H21F3N2O2S/c24-23(25,26)18-6-8-21(28-9-11-30-12-10-28)20(14-18)27-22(29)15-31-19-7-5-16-3-1-2-4-17(16)13-19/h1-8,13-14H,9-12,15H2,(H,27,29). The molecule has 0 aliphatic carbocycles. The Hall–Kier alpha value is -2.71. The summed E-state index contributed by atoms with van der Waals surface area (Å²) in [5.41, 5.74) is -0.0526. The van der Waals surface area contributed by atoms with Crippen molar-refractivity contribution in [1.29, 1.82) is 0 Å². The molecule has 162 valence electrons. The second-order valence-electron chi connectivity index (χ2n) is 7.17. The van der Waals surface area contributed by atoms with E-state index < -0.39 is 11.7 Å². The highest BCUT2D eigenvalue weighted by Crippen LogP contribution is 2.36. The fraction of sp³-hybridized carbons (Fsp3) is 0.261. The summed E-state index contributed by atoms with van der Waals surface area (Å²) < 4.78 is 45.0. The molecule has 1 heterocycles. The van der Waals surface area contributed by atoms with Crippen LogP contribution in [-0.2, 0) is 15.7 Å². The first-order chi connectivity index (χ1) is 14.9. The number of nitrogens with one attached hydrogen (secondary N) is 1. The van der Waals surface area contributed by atoms with Gasteiger partial charge in [-0.3, -0.25) is 4.79 Å². The number of benzene rings is 3. The first kappa shape index (κ1) is 21.5. The molecule has 1 aliphatic rings. The Kier molecular flexibility index (Phi) is 6.38. The Balaban J connectivity index is 1.49. The molecule has 1 saturated heterocycles. The lowest BCUT2D eigenvalue weighted by molar-refractivity contribution is -0.137. The van der Waals surface area contributed by atoms with Gasteiger partial charge in [-0.1, -0.05) is 30.3 Å². The van der Waals surface area contributed by atoms with Crippen molar-refractivity contribution in [2.45, 2.75) is 11.1 Å². The van der Waals surface area contributed by atoms with Gasteiger partial charge in [0.05, 0.1) is 35.9 Å². The summed E-state index contributed by atoms with van der Waals surface area (Å²) in [7, 11) is 0. The molecule has 4 nitrogen and oxygen atoms in total. The summed E-state index contributed by atoms with van der Waals surface area (Å²) in [6, 6.07) is 17.3. The SMILES string of the molecule is O=C(CSc1ccc2ccccc2c1)Nc1cc(C(F)(F)F)ccc1N1CCOCC1. The highest BCUT2D eigenvalue weighted by atomic mass is 32.2. The summed E-state index contributed by atoms with van der Waals surface area (Å²) in [4.78, 5) is 15.4. The molecule has 3 aromatic rings. The Bertz CT molecular complexity index is 1080. The molecule has 0 spiro atoms. The van der Waals surface area contributed by atoms with E-state index in [9.17, 15) is 18.0 Å². The molecule has 8 heteroatoms. The van der Waals surface area contributed by atoms with Gasteiger partial charge in [-0.25, -0.2) is 0 Å². The van der Waals surface area contributed by atoms with Gasteiger partial charge >= 0.3 is 6.18 Å². The van der Waals surface area contributed by atoms with Crippen molar-refractivity contribution < 1.29 is 22.7 Å². The molecule has 0 aromatic heterocycles. The molecule has 0 unspecified atom stereocenters. The molecule has 1 N–H and O–H groups in total. The van der Waals surface area contributed by atoms with Crippen LogP contribution in [-0.4, -0.2) is 38.0 Å². The van der Waals surface area contributed by atoms with Gasteiger partial charge in [-0.05, 0) is 41.1 Å². The quantitative estimate of drug-likeness (QED) is 0.531. The van der Waals surface area contributed by atoms with E-state index in [1.807, 2.05) is 47.4 Å². The predicted molar refractivity (Wildman–Crippen MR) is 118 cm³/mol. The molecule has 1 amide bonds. The number of morpholine rings is 1. The molecule has 31 heavy (non-hydrogen) atoms. The molecule has 0 saturated carbocycles. The van der Waals surface area contributed by atoms with Crippen molar-refractivity contribution in [3.05, 3.63) is 66.2 Å². The zero-order chi connectivity index (χ0) is 21.8. The number of amides is 1. The Morgan fingerprint density at radius 1 is 1.00 bits per heavy atom. The third-order valence-electron chi connectivity index (χ3n) is 5.04. The number of hydrogen-bond acceptors (Lipinski definition) is 4. The van der Waals surface area contributed by atoms with Crippen LogP contribution in [0.25, 0.3) is 10.8 Å². The lowest BCUT2D eigenvalue weighted by atomic mass is 10.1. The molecule has 1 aliphatic heterocycles. The number of anilines is 2. The lowest BCUT2D eigenvalue weighted by Gasteiger charge is -2.31. The largest absolute Gasteiger partial charge is 0.416 e. The van der Waals surface area contributed by atoms with E-state index in [-0.39, 0.29) is 17.3 Å². The summed E-state index contributed by atoms with van der Waals surface area (Å²) in [6.07, 6.45) is -4.48. The molecule has 4 rings (SSSR count). The number of thioether (sulfide) groups is 1. The van der Waals surface area contributed by atoms with Crippen LogP contribution in [0.2, 0.25) is 0 Å². The second kappa shape index (κ2) is 9.20. The number of alkyl halides is 3. The number of fused-ring (bicyclic) bond motifs is 1. The van der Waals surface area contributed by atoms with Crippen LogP contribution in [0.1, 0.15) is 5.56 Å². The molecule has 3 aromatic carbocycles. The smallest absolute Gasteiger partial charge is 0.378 e. The third-order valence-corrected chi connectivity index (χ3v) is 6.03. The fourth-order valence-corrected chi connectivity index (χ4v) is 4.23. The van der Waals surface area contributed by atoms with Crippen molar-refractivity contribution in [3.8, 4) is 0 Å². The summed E-state index contributed by atoms with van der Waals surface area (Å²) in [5.74, 6) is -0.260. The number of carbonyl (C=O) groups excluding carboxylic acids is 1. The van der Waals surface area contributed by atoms with Gasteiger partial charge in [0.1, 0.15) is 0 Å². The van der Waals surface area contributed by atoms with Crippen molar-refractivity contribution in [1.82, 2.24) is 0 Å². The minimum absolute atomic E-state index is 0.0944. The van der Waals surface area contributed by atoms with E-state index in [1.54, 1.807) is 0 Å². The van der Waals surface area contributed by atoms with Gasteiger partial charge in [0.2, 0.25) is 5.91 Å². The first-order valence-corrected chi connectivity index (χ1v) is 10.8. The zero-order valence-corrected chi connectivity index (χ0v) is 17.4. The lowest BCUT2D eigenvalue weighted by Crippen LogP contribution is -2.37. The Morgan fingerprint density at radius 2 is 1.74 bits per heavy atom. The monoisotopic (exact) mass is 446 g/mol. The number of nitrogens with zero attached hydrogens (tertiary/aromatic N) is 1. The average molecular weight is 446 g/mol. The highest BCUT2D eigenvalue weighted by molar-refractivity contribution is 8.00. The van der Waals surface area contributed by atoms with Crippen molar-refractivity contribution in [2.24, 2.45) is 0 Å². The topological polar surface area (TPSA) is 41.6 Å². The van der Waals surface area contributed by atoms with E-state index in [1.165, 1.54) is 17.8 Å². The molecule has 0 atom stereocenters. The number of rotatable bonds is 5. The van der Waals surface area contributed by atoms with E-state index >= 15 is 0 Å². The molecule has 0 bridgehead atoms. The minimum Gasteiger partial charge on any atom is -0.378 e. The van der Waals surface area contributed by atoms with Crippen molar-refractivity contribution >= 4 is 39.8 Å². The summed E-state index contributed by atoms with van der Waals surface area (Å²) >= 11 is 1.35. The molecule has 1 fully saturated rings. The first-order valence-electron chi connectivity index (χ1n) is 9.85. The predicted octanol–water partition coefficient (Wildman–Crippen LogP) is 5.43. The van der Waals surface area contributed by atoms with Gasteiger partial charge in [-0.15, -0.1) is 11.8 Å². The number of hydrogen-bond donors (Lipinski definition) is 1.